The molecule has 0 saturated carbocycles. The molecule has 1 aromatic carbocycles. The van der Waals surface area contributed by atoms with Crippen molar-refractivity contribution in [2.45, 2.75) is 40.2 Å². The SMILES string of the molecule is Cc1ccccc1CN1CCN(C(=O)C2CCN(c3ncnc4sc(C)c(C)c34)CC2)CC1. The lowest BCUT2D eigenvalue weighted by Gasteiger charge is -2.39. The molecule has 0 aliphatic carbocycles. The molecule has 2 aromatic heterocycles. The Bertz CT molecular complexity index is 1140. The van der Waals surface area contributed by atoms with Gasteiger partial charge in [0.1, 0.15) is 17.0 Å². The highest BCUT2D eigenvalue weighted by atomic mass is 32.1. The summed E-state index contributed by atoms with van der Waals surface area (Å²) in [6.45, 7) is 12.8. The van der Waals surface area contributed by atoms with Gasteiger partial charge in [-0.1, -0.05) is 24.3 Å². The maximum absolute atomic E-state index is 13.3. The van der Waals surface area contributed by atoms with Crippen molar-refractivity contribution in [2.75, 3.05) is 44.2 Å². The summed E-state index contributed by atoms with van der Waals surface area (Å²) in [5.41, 5.74) is 4.02. The summed E-state index contributed by atoms with van der Waals surface area (Å²) in [7, 11) is 0. The zero-order chi connectivity index (χ0) is 22.9. The molecule has 7 heteroatoms. The van der Waals surface area contributed by atoms with Crippen molar-refractivity contribution in [3.8, 4) is 0 Å². The van der Waals surface area contributed by atoms with Crippen molar-refractivity contribution in [3.63, 3.8) is 0 Å². The van der Waals surface area contributed by atoms with E-state index in [1.165, 1.54) is 27.0 Å². The van der Waals surface area contributed by atoms with E-state index >= 15 is 0 Å². The van der Waals surface area contributed by atoms with Gasteiger partial charge in [-0.05, 0) is 50.3 Å². The monoisotopic (exact) mass is 463 g/mol. The van der Waals surface area contributed by atoms with Crippen LogP contribution in [0.3, 0.4) is 0 Å². The normalized spacial score (nSPS) is 18.3. The number of nitrogens with zero attached hydrogens (tertiary/aromatic N) is 5. The third-order valence-electron chi connectivity index (χ3n) is 7.43. The Morgan fingerprint density at radius 2 is 1.73 bits per heavy atom. The third kappa shape index (κ3) is 4.49. The minimum atomic E-state index is 0.131. The predicted octanol–water partition coefficient (Wildman–Crippen LogP) is 4.18. The molecule has 4 heterocycles. The van der Waals surface area contributed by atoms with Gasteiger partial charge in [-0.3, -0.25) is 9.69 Å². The fourth-order valence-electron chi connectivity index (χ4n) is 5.15. The van der Waals surface area contributed by atoms with Gasteiger partial charge in [-0.25, -0.2) is 9.97 Å². The van der Waals surface area contributed by atoms with Gasteiger partial charge in [0.15, 0.2) is 0 Å². The van der Waals surface area contributed by atoms with E-state index in [2.05, 4.69) is 69.7 Å². The molecule has 0 N–H and O–H groups in total. The molecule has 33 heavy (non-hydrogen) atoms. The number of piperidine rings is 1. The summed E-state index contributed by atoms with van der Waals surface area (Å²) in [5, 5.41) is 1.19. The number of hydrogen-bond acceptors (Lipinski definition) is 6. The molecule has 3 aromatic rings. The zero-order valence-electron chi connectivity index (χ0n) is 19.9. The first-order chi connectivity index (χ1) is 16.0. The van der Waals surface area contributed by atoms with Crippen molar-refractivity contribution in [2.24, 2.45) is 5.92 Å². The number of thiophene rings is 1. The molecule has 0 spiro atoms. The van der Waals surface area contributed by atoms with E-state index < -0.39 is 0 Å². The van der Waals surface area contributed by atoms with E-state index in [4.69, 9.17) is 0 Å². The molecule has 2 aliphatic heterocycles. The number of aromatic nitrogens is 2. The lowest BCUT2D eigenvalue weighted by atomic mass is 9.94. The average molecular weight is 464 g/mol. The Morgan fingerprint density at radius 3 is 2.45 bits per heavy atom. The van der Waals surface area contributed by atoms with Crippen LogP contribution >= 0.6 is 11.3 Å². The molecule has 0 bridgehead atoms. The van der Waals surface area contributed by atoms with E-state index in [0.29, 0.717) is 5.91 Å². The first-order valence-electron chi connectivity index (χ1n) is 12.0. The molecule has 2 fully saturated rings. The van der Waals surface area contributed by atoms with Crippen LogP contribution in [0.5, 0.6) is 0 Å². The summed E-state index contributed by atoms with van der Waals surface area (Å²) in [6, 6.07) is 8.60. The van der Waals surface area contributed by atoms with Gasteiger partial charge in [0.2, 0.25) is 5.91 Å². The predicted molar refractivity (Wildman–Crippen MR) is 135 cm³/mol. The first kappa shape index (κ1) is 22.3. The number of anilines is 1. The maximum Gasteiger partial charge on any atom is 0.225 e. The van der Waals surface area contributed by atoms with Crippen molar-refractivity contribution in [1.82, 2.24) is 19.8 Å². The summed E-state index contributed by atoms with van der Waals surface area (Å²) >= 11 is 1.74. The van der Waals surface area contributed by atoms with Crippen molar-refractivity contribution >= 4 is 33.3 Å². The molecule has 0 unspecified atom stereocenters. The molecule has 0 atom stereocenters. The lowest BCUT2D eigenvalue weighted by molar-refractivity contribution is -0.138. The van der Waals surface area contributed by atoms with E-state index in [9.17, 15) is 4.79 Å². The van der Waals surface area contributed by atoms with Crippen molar-refractivity contribution in [1.29, 1.82) is 0 Å². The Morgan fingerprint density at radius 1 is 1.00 bits per heavy atom. The van der Waals surface area contributed by atoms with Gasteiger partial charge < -0.3 is 9.80 Å². The van der Waals surface area contributed by atoms with Crippen LogP contribution < -0.4 is 4.90 Å². The molecule has 174 valence electrons. The smallest absolute Gasteiger partial charge is 0.225 e. The van der Waals surface area contributed by atoms with Gasteiger partial charge >= 0.3 is 0 Å². The molecule has 6 nitrogen and oxygen atoms in total. The van der Waals surface area contributed by atoms with E-state index in [1.54, 1.807) is 17.7 Å². The van der Waals surface area contributed by atoms with E-state index in [-0.39, 0.29) is 5.92 Å². The number of aryl methyl sites for hydroxylation is 3. The Hall–Kier alpha value is -2.51. The maximum atomic E-state index is 13.3. The van der Waals surface area contributed by atoms with Crippen LogP contribution in [0, 0.1) is 26.7 Å². The third-order valence-corrected chi connectivity index (χ3v) is 8.54. The van der Waals surface area contributed by atoms with Crippen LogP contribution in [0.25, 0.3) is 10.2 Å². The summed E-state index contributed by atoms with van der Waals surface area (Å²) in [5.74, 6) is 1.52. The summed E-state index contributed by atoms with van der Waals surface area (Å²) in [4.78, 5) is 31.7. The number of hydrogen-bond donors (Lipinski definition) is 0. The summed E-state index contributed by atoms with van der Waals surface area (Å²) < 4.78 is 0. The largest absolute Gasteiger partial charge is 0.356 e. The van der Waals surface area contributed by atoms with Crippen LogP contribution in [0.4, 0.5) is 5.82 Å². The zero-order valence-corrected chi connectivity index (χ0v) is 20.7. The van der Waals surface area contributed by atoms with Gasteiger partial charge in [0.25, 0.3) is 0 Å². The quantitative estimate of drug-likeness (QED) is 0.581. The average Bonchev–Trinajstić information content (AvgIpc) is 3.14. The van der Waals surface area contributed by atoms with Gasteiger partial charge in [0.05, 0.1) is 5.39 Å². The molecule has 5 rings (SSSR count). The standard InChI is InChI=1S/C26H33N5OS/c1-18-6-4-5-7-22(18)16-29-12-14-31(15-13-29)26(32)21-8-10-30(11-9-21)24-23-19(2)20(3)33-25(23)28-17-27-24/h4-7,17,21H,8-16H2,1-3H3. The lowest BCUT2D eigenvalue weighted by Crippen LogP contribution is -2.51. The minimum Gasteiger partial charge on any atom is -0.356 e. The van der Waals surface area contributed by atoms with Crippen LogP contribution in [0.15, 0.2) is 30.6 Å². The number of rotatable bonds is 4. The fraction of sp³-hybridized carbons (Fsp3) is 0.500. The second-order valence-electron chi connectivity index (χ2n) is 9.45. The van der Waals surface area contributed by atoms with Gasteiger partial charge in [-0.15, -0.1) is 11.3 Å². The van der Waals surface area contributed by atoms with Crippen LogP contribution in [0.1, 0.15) is 34.4 Å². The van der Waals surface area contributed by atoms with Crippen molar-refractivity contribution < 1.29 is 4.79 Å². The highest BCUT2D eigenvalue weighted by molar-refractivity contribution is 7.18. The molecule has 2 aliphatic rings. The Balaban J connectivity index is 1.16. The molecule has 1 amide bonds. The molecular formula is C26H33N5OS. The topological polar surface area (TPSA) is 52.6 Å². The van der Waals surface area contributed by atoms with Crippen LogP contribution in [0.2, 0.25) is 0 Å². The minimum absolute atomic E-state index is 0.131. The number of fused-ring (bicyclic) bond motifs is 1. The summed E-state index contributed by atoms with van der Waals surface area (Å²) in [6.07, 6.45) is 3.48. The number of carbonyl (C=O) groups excluding carboxylic acids is 1. The van der Waals surface area contributed by atoms with Gasteiger partial charge in [0, 0.05) is 56.6 Å². The van der Waals surface area contributed by atoms with E-state index in [0.717, 1.165) is 69.3 Å². The Kier molecular flexibility index (Phi) is 6.34. The number of amides is 1. The first-order valence-corrected chi connectivity index (χ1v) is 12.8. The Labute approximate surface area is 200 Å². The number of carbonyl (C=O) groups is 1. The van der Waals surface area contributed by atoms with Crippen LogP contribution in [-0.4, -0.2) is 64.9 Å². The fourth-order valence-corrected chi connectivity index (χ4v) is 6.15. The number of piperazine rings is 1. The van der Waals surface area contributed by atoms with Crippen molar-refractivity contribution in [3.05, 3.63) is 52.2 Å². The van der Waals surface area contributed by atoms with Gasteiger partial charge in [-0.2, -0.15) is 0 Å². The highest BCUT2D eigenvalue weighted by Gasteiger charge is 2.31. The molecule has 0 radical (unpaired) electrons. The number of benzene rings is 1. The molecule has 2 saturated heterocycles. The second kappa shape index (κ2) is 9.39. The van der Waals surface area contributed by atoms with Crippen LogP contribution in [-0.2, 0) is 11.3 Å². The highest BCUT2D eigenvalue weighted by Crippen LogP contribution is 2.35. The second-order valence-corrected chi connectivity index (χ2v) is 10.7. The van der Waals surface area contributed by atoms with E-state index in [1.807, 2.05) is 0 Å². The molecular weight excluding hydrogens is 430 g/mol.